The second-order valence-corrected chi connectivity index (χ2v) is 4.60. The molecular weight excluding hydrogens is 224 g/mol. The van der Waals surface area contributed by atoms with Gasteiger partial charge in [0.05, 0.1) is 11.6 Å². The van der Waals surface area contributed by atoms with Gasteiger partial charge in [-0.05, 0) is 13.8 Å². The van der Waals surface area contributed by atoms with Gasteiger partial charge < -0.3 is 20.4 Å². The van der Waals surface area contributed by atoms with Gasteiger partial charge in [0.15, 0.2) is 0 Å². The lowest BCUT2D eigenvalue weighted by atomic mass is 10.1. The zero-order valence-corrected chi connectivity index (χ0v) is 9.80. The number of aliphatic carboxylic acids is 1. The number of aliphatic hydroxyl groups excluding tert-OH is 1. The Bertz CT molecular complexity index is 372. The van der Waals surface area contributed by atoms with Crippen molar-refractivity contribution in [3.8, 4) is 12.3 Å². The van der Waals surface area contributed by atoms with Gasteiger partial charge >= 0.3 is 12.0 Å². The van der Waals surface area contributed by atoms with E-state index in [9.17, 15) is 14.7 Å². The molecule has 1 rings (SSSR count). The van der Waals surface area contributed by atoms with Crippen LogP contribution >= 0.6 is 0 Å². The van der Waals surface area contributed by atoms with Crippen molar-refractivity contribution in [1.29, 1.82) is 0 Å². The minimum Gasteiger partial charge on any atom is -0.480 e. The van der Waals surface area contributed by atoms with E-state index >= 15 is 0 Å². The molecule has 0 bridgehead atoms. The van der Waals surface area contributed by atoms with Gasteiger partial charge in [0.2, 0.25) is 0 Å². The standard InChI is InChI=1S/C11H16N2O4/c1-4-11(2,3)12-10(17)13-6-7(14)5-8(13)9(15)16/h1,7-8,14H,5-6H2,2-3H3,(H,12,17)(H,15,16)/t7-,8-/m1/s1. The highest BCUT2D eigenvalue weighted by molar-refractivity contribution is 5.84. The molecule has 6 nitrogen and oxygen atoms in total. The first-order valence-electron chi connectivity index (χ1n) is 5.24. The molecule has 17 heavy (non-hydrogen) atoms. The number of nitrogens with zero attached hydrogens (tertiary/aromatic N) is 1. The largest absolute Gasteiger partial charge is 0.480 e. The summed E-state index contributed by atoms with van der Waals surface area (Å²) in [5.41, 5.74) is -0.853. The molecule has 0 aromatic heterocycles. The van der Waals surface area contributed by atoms with E-state index in [1.165, 1.54) is 0 Å². The molecule has 0 aromatic rings. The van der Waals surface area contributed by atoms with E-state index in [0.717, 1.165) is 4.90 Å². The minimum atomic E-state index is -1.13. The maximum Gasteiger partial charge on any atom is 0.326 e. The first-order valence-corrected chi connectivity index (χ1v) is 5.24. The van der Waals surface area contributed by atoms with Crippen LogP contribution in [0.4, 0.5) is 4.79 Å². The number of carboxylic acids is 1. The summed E-state index contributed by atoms with van der Waals surface area (Å²) in [7, 11) is 0. The Morgan fingerprint density at radius 3 is 2.59 bits per heavy atom. The van der Waals surface area contributed by atoms with E-state index in [-0.39, 0.29) is 13.0 Å². The highest BCUT2D eigenvalue weighted by atomic mass is 16.4. The summed E-state index contributed by atoms with van der Waals surface area (Å²) in [5.74, 6) is 1.25. The van der Waals surface area contributed by atoms with Gasteiger partial charge in [0.25, 0.3) is 0 Å². The third kappa shape index (κ3) is 3.11. The Kier molecular flexibility index (Phi) is 3.63. The molecule has 0 radical (unpaired) electrons. The van der Waals surface area contributed by atoms with Crippen LogP contribution in [0, 0.1) is 12.3 Å². The molecule has 1 saturated heterocycles. The average Bonchev–Trinajstić information content (AvgIpc) is 2.60. The summed E-state index contributed by atoms with van der Waals surface area (Å²) in [5, 5.41) is 20.9. The molecule has 0 aromatic carbocycles. The number of hydrogen-bond acceptors (Lipinski definition) is 3. The van der Waals surface area contributed by atoms with E-state index in [1.807, 2.05) is 0 Å². The van der Waals surface area contributed by atoms with E-state index < -0.39 is 29.7 Å². The predicted molar refractivity (Wildman–Crippen MR) is 60.2 cm³/mol. The van der Waals surface area contributed by atoms with Gasteiger partial charge in [0, 0.05) is 13.0 Å². The maximum absolute atomic E-state index is 11.8. The molecule has 6 heteroatoms. The first kappa shape index (κ1) is 13.3. The molecular formula is C11H16N2O4. The number of carbonyl (C=O) groups is 2. The van der Waals surface area contributed by atoms with Gasteiger partial charge in [-0.1, -0.05) is 5.92 Å². The molecule has 0 saturated carbocycles. The number of rotatable bonds is 2. The average molecular weight is 240 g/mol. The van der Waals surface area contributed by atoms with Crippen molar-refractivity contribution >= 4 is 12.0 Å². The quantitative estimate of drug-likeness (QED) is 0.574. The first-order chi connectivity index (χ1) is 7.76. The summed E-state index contributed by atoms with van der Waals surface area (Å²) < 4.78 is 0. The summed E-state index contributed by atoms with van der Waals surface area (Å²) in [6.45, 7) is 3.27. The number of urea groups is 1. The van der Waals surface area contributed by atoms with Crippen LogP contribution in [-0.4, -0.2) is 51.3 Å². The van der Waals surface area contributed by atoms with Crippen molar-refractivity contribution < 1.29 is 19.8 Å². The van der Waals surface area contributed by atoms with Crippen LogP contribution in [0.15, 0.2) is 0 Å². The number of β-amino-alcohol motifs (C(OH)–C–C–N with tert-alkyl or cyclic N) is 1. The molecule has 0 spiro atoms. The third-order valence-corrected chi connectivity index (χ3v) is 2.61. The molecule has 0 aliphatic carbocycles. The molecule has 2 amide bonds. The normalized spacial score (nSPS) is 24.2. The van der Waals surface area contributed by atoms with Crippen molar-refractivity contribution in [3.63, 3.8) is 0 Å². The van der Waals surface area contributed by atoms with Gasteiger partial charge in [-0.3, -0.25) is 0 Å². The monoisotopic (exact) mass is 240 g/mol. The topological polar surface area (TPSA) is 89.9 Å². The van der Waals surface area contributed by atoms with Crippen molar-refractivity contribution in [2.75, 3.05) is 6.54 Å². The van der Waals surface area contributed by atoms with Crippen LogP contribution in [0.5, 0.6) is 0 Å². The van der Waals surface area contributed by atoms with E-state index in [0.29, 0.717) is 0 Å². The Morgan fingerprint density at radius 1 is 1.53 bits per heavy atom. The Labute approximate surface area is 99.6 Å². The van der Waals surface area contributed by atoms with Gasteiger partial charge in [0.1, 0.15) is 6.04 Å². The second kappa shape index (κ2) is 4.63. The van der Waals surface area contributed by atoms with E-state index in [2.05, 4.69) is 11.2 Å². The number of carbonyl (C=O) groups excluding carboxylic acids is 1. The fraction of sp³-hybridized carbons (Fsp3) is 0.636. The van der Waals surface area contributed by atoms with Crippen molar-refractivity contribution in [2.24, 2.45) is 0 Å². The molecule has 1 fully saturated rings. The van der Waals surface area contributed by atoms with E-state index in [1.54, 1.807) is 13.8 Å². The van der Waals surface area contributed by atoms with Crippen LogP contribution in [0.3, 0.4) is 0 Å². The van der Waals surface area contributed by atoms with Crippen molar-refractivity contribution in [3.05, 3.63) is 0 Å². The molecule has 1 aliphatic rings. The van der Waals surface area contributed by atoms with Crippen LogP contribution < -0.4 is 5.32 Å². The summed E-state index contributed by atoms with van der Waals surface area (Å²) in [6, 6.07) is -1.57. The van der Waals surface area contributed by atoms with Gasteiger partial charge in [-0.2, -0.15) is 0 Å². The summed E-state index contributed by atoms with van der Waals surface area (Å²) >= 11 is 0. The highest BCUT2D eigenvalue weighted by Gasteiger charge is 2.39. The van der Waals surface area contributed by atoms with Crippen LogP contribution in [0.1, 0.15) is 20.3 Å². The number of carboxylic acid groups (broad SMARTS) is 1. The van der Waals surface area contributed by atoms with Crippen molar-refractivity contribution in [2.45, 2.75) is 38.0 Å². The Hall–Kier alpha value is -1.74. The van der Waals surface area contributed by atoms with Crippen LogP contribution in [0.2, 0.25) is 0 Å². The lowest BCUT2D eigenvalue weighted by Crippen LogP contribution is -2.52. The molecule has 3 N–H and O–H groups in total. The number of terminal acetylenes is 1. The number of hydrogen-bond donors (Lipinski definition) is 3. The number of aliphatic hydroxyl groups is 1. The fourth-order valence-corrected chi connectivity index (χ4v) is 1.65. The molecule has 1 aliphatic heterocycles. The Balaban J connectivity index is 2.75. The lowest BCUT2D eigenvalue weighted by Gasteiger charge is -2.27. The second-order valence-electron chi connectivity index (χ2n) is 4.60. The predicted octanol–water partition coefficient (Wildman–Crippen LogP) is -0.372. The zero-order chi connectivity index (χ0) is 13.2. The Morgan fingerprint density at radius 2 is 2.12 bits per heavy atom. The van der Waals surface area contributed by atoms with Crippen LogP contribution in [0.25, 0.3) is 0 Å². The van der Waals surface area contributed by atoms with E-state index in [4.69, 9.17) is 11.5 Å². The van der Waals surface area contributed by atoms with Gasteiger partial charge in [-0.15, -0.1) is 6.42 Å². The molecule has 2 atom stereocenters. The molecule has 94 valence electrons. The fourth-order valence-electron chi connectivity index (χ4n) is 1.65. The summed E-state index contributed by atoms with van der Waals surface area (Å²) in [4.78, 5) is 23.8. The minimum absolute atomic E-state index is 0.00342. The SMILES string of the molecule is C#CC(C)(C)NC(=O)N1C[C@H](O)C[C@@H]1C(=O)O. The zero-order valence-electron chi connectivity index (χ0n) is 9.80. The van der Waals surface area contributed by atoms with Gasteiger partial charge in [-0.25, -0.2) is 9.59 Å². The van der Waals surface area contributed by atoms with Crippen LogP contribution in [-0.2, 0) is 4.79 Å². The smallest absolute Gasteiger partial charge is 0.326 e. The molecule has 1 heterocycles. The third-order valence-electron chi connectivity index (χ3n) is 2.61. The highest BCUT2D eigenvalue weighted by Crippen LogP contribution is 2.18. The number of amides is 2. The number of likely N-dealkylation sites (tertiary alicyclic amines) is 1. The lowest BCUT2D eigenvalue weighted by molar-refractivity contribution is -0.141. The summed E-state index contributed by atoms with van der Waals surface area (Å²) in [6.07, 6.45) is 4.46. The molecule has 0 unspecified atom stereocenters. The maximum atomic E-state index is 11.8. The van der Waals surface area contributed by atoms with Crippen molar-refractivity contribution in [1.82, 2.24) is 10.2 Å². The number of nitrogens with one attached hydrogen (secondary N) is 1.